The minimum absolute atomic E-state index is 0.0265. The fourth-order valence-electron chi connectivity index (χ4n) is 2.30. The van der Waals surface area contributed by atoms with Crippen LogP contribution in [0.5, 0.6) is 0 Å². The van der Waals surface area contributed by atoms with Crippen LogP contribution in [0.4, 0.5) is 13.2 Å². The van der Waals surface area contributed by atoms with Crippen LogP contribution in [-0.4, -0.2) is 28.8 Å². The number of rotatable bonds is 5. The van der Waals surface area contributed by atoms with Crippen molar-refractivity contribution in [1.29, 1.82) is 5.26 Å². The predicted molar refractivity (Wildman–Crippen MR) is 90.0 cm³/mol. The first-order chi connectivity index (χ1) is 12.7. The summed E-state index contributed by atoms with van der Waals surface area (Å²) in [7, 11) is -3.75. The van der Waals surface area contributed by atoms with E-state index in [0.717, 1.165) is 23.5 Å². The molecule has 1 N–H and O–H groups in total. The van der Waals surface area contributed by atoms with Gasteiger partial charge in [0, 0.05) is 5.38 Å². The van der Waals surface area contributed by atoms with Crippen LogP contribution < -0.4 is 0 Å². The average molecular weight is 413 g/mol. The summed E-state index contributed by atoms with van der Waals surface area (Å²) in [6, 6.07) is 6.03. The monoisotopic (exact) mass is 413 g/mol. The zero-order valence-electron chi connectivity index (χ0n) is 13.4. The second-order valence-electron chi connectivity index (χ2n) is 5.49. The van der Waals surface area contributed by atoms with E-state index < -0.39 is 33.1 Å². The Kier molecular flexibility index (Phi) is 4.99. The predicted octanol–water partition coefficient (Wildman–Crippen LogP) is 2.93. The molecule has 3 aromatic rings. The zero-order chi connectivity index (χ0) is 19.7. The second kappa shape index (κ2) is 7.09. The summed E-state index contributed by atoms with van der Waals surface area (Å²) in [6.45, 7) is 0. The first kappa shape index (κ1) is 19.0. The lowest BCUT2D eigenvalue weighted by Crippen LogP contribution is -2.10. The molecule has 0 aliphatic carbocycles. The standard InChI is InChI=1S/C15H10F3N5O2S2/c16-15(17,18)10-3-1-2-9(4-10)7-27(24,25)8-13-20-12(6-26-13)14-11(5-19)21-23-22-14/h1-4,6H,7-8H2,(H,21,22,23). The number of nitrogens with zero attached hydrogens (tertiary/aromatic N) is 4. The van der Waals surface area contributed by atoms with Crippen LogP contribution in [0.3, 0.4) is 0 Å². The topological polar surface area (TPSA) is 112 Å². The molecule has 0 spiro atoms. The molecule has 0 saturated carbocycles. The highest BCUT2D eigenvalue weighted by Gasteiger charge is 2.30. The van der Waals surface area contributed by atoms with Crippen molar-refractivity contribution in [1.82, 2.24) is 20.4 Å². The van der Waals surface area contributed by atoms with Crippen molar-refractivity contribution in [3.8, 4) is 17.5 Å². The minimum Gasteiger partial charge on any atom is -0.238 e. The number of hydrogen-bond donors (Lipinski definition) is 1. The van der Waals surface area contributed by atoms with Gasteiger partial charge in [-0.3, -0.25) is 0 Å². The number of sulfone groups is 1. The maximum atomic E-state index is 12.8. The van der Waals surface area contributed by atoms with Gasteiger partial charge in [0.05, 0.1) is 11.3 Å². The van der Waals surface area contributed by atoms with Crippen molar-refractivity contribution in [3.63, 3.8) is 0 Å². The van der Waals surface area contributed by atoms with Crippen LogP contribution in [0.1, 0.15) is 21.8 Å². The number of H-pyrrole nitrogens is 1. The number of thiazole rings is 1. The van der Waals surface area contributed by atoms with Gasteiger partial charge in [-0.05, 0) is 11.6 Å². The second-order valence-corrected chi connectivity index (χ2v) is 8.50. The Hall–Kier alpha value is -2.78. The Morgan fingerprint density at radius 2 is 2.00 bits per heavy atom. The summed E-state index contributed by atoms with van der Waals surface area (Å²) in [5, 5.41) is 20.4. The van der Waals surface area contributed by atoms with Gasteiger partial charge in [0.15, 0.2) is 15.5 Å². The smallest absolute Gasteiger partial charge is 0.238 e. The maximum absolute atomic E-state index is 12.8. The number of hydrogen-bond acceptors (Lipinski definition) is 7. The molecule has 0 saturated heterocycles. The van der Waals surface area contributed by atoms with Gasteiger partial charge in [0.25, 0.3) is 0 Å². The number of nitrogens with one attached hydrogen (secondary N) is 1. The summed E-state index contributed by atoms with van der Waals surface area (Å²) in [4.78, 5) is 4.13. The molecule has 0 bridgehead atoms. The van der Waals surface area contributed by atoms with E-state index in [-0.39, 0.29) is 22.0 Å². The number of aromatic amines is 1. The molecule has 140 valence electrons. The normalized spacial score (nSPS) is 12.1. The molecule has 0 amide bonds. The summed E-state index contributed by atoms with van der Waals surface area (Å²) in [6.07, 6.45) is -4.54. The van der Waals surface area contributed by atoms with E-state index in [4.69, 9.17) is 5.26 Å². The van der Waals surface area contributed by atoms with Crippen molar-refractivity contribution >= 4 is 21.2 Å². The number of halogens is 3. The Labute approximate surface area is 155 Å². The Morgan fingerprint density at radius 3 is 2.70 bits per heavy atom. The van der Waals surface area contributed by atoms with Crippen LogP contribution in [0.15, 0.2) is 29.6 Å². The Balaban J connectivity index is 1.77. The van der Waals surface area contributed by atoms with E-state index in [1.807, 2.05) is 6.07 Å². The third kappa shape index (κ3) is 4.50. The molecule has 3 rings (SSSR count). The van der Waals surface area contributed by atoms with Crippen molar-refractivity contribution in [2.75, 3.05) is 0 Å². The Morgan fingerprint density at radius 1 is 1.22 bits per heavy atom. The molecule has 2 aromatic heterocycles. The van der Waals surface area contributed by atoms with E-state index in [1.54, 1.807) is 0 Å². The molecule has 0 atom stereocenters. The SMILES string of the molecule is N#Cc1n[nH]nc1-c1csc(CS(=O)(=O)Cc2cccc(C(F)(F)F)c2)n1. The Bertz CT molecular complexity index is 1110. The summed E-state index contributed by atoms with van der Waals surface area (Å²) in [5.41, 5.74) is -0.324. The van der Waals surface area contributed by atoms with Crippen molar-refractivity contribution in [2.45, 2.75) is 17.7 Å². The van der Waals surface area contributed by atoms with Gasteiger partial charge in [0.1, 0.15) is 28.2 Å². The molecule has 1 aromatic carbocycles. The van der Waals surface area contributed by atoms with Crippen molar-refractivity contribution < 1.29 is 21.6 Å². The molecule has 2 heterocycles. The molecule has 0 fully saturated rings. The summed E-state index contributed by atoms with van der Waals surface area (Å²) in [5.74, 6) is -0.979. The van der Waals surface area contributed by atoms with E-state index in [9.17, 15) is 21.6 Å². The molecule has 12 heteroatoms. The molecule has 0 unspecified atom stereocenters. The van der Waals surface area contributed by atoms with Crippen LogP contribution in [-0.2, 0) is 27.5 Å². The highest BCUT2D eigenvalue weighted by atomic mass is 32.2. The summed E-state index contributed by atoms with van der Waals surface area (Å²) >= 11 is 1.05. The molecule has 0 aliphatic heterocycles. The lowest BCUT2D eigenvalue weighted by Gasteiger charge is -2.08. The third-order valence-corrected chi connectivity index (χ3v) is 5.95. The third-order valence-electron chi connectivity index (χ3n) is 3.43. The minimum atomic E-state index is -4.54. The molecule has 27 heavy (non-hydrogen) atoms. The number of aromatic nitrogens is 4. The fraction of sp³-hybridized carbons (Fsp3) is 0.200. The van der Waals surface area contributed by atoms with Gasteiger partial charge >= 0.3 is 6.18 Å². The fourth-order valence-corrected chi connectivity index (χ4v) is 4.91. The highest BCUT2D eigenvalue weighted by molar-refractivity contribution is 7.89. The van der Waals surface area contributed by atoms with Crippen LogP contribution in [0, 0.1) is 11.3 Å². The molecule has 0 aliphatic rings. The van der Waals surface area contributed by atoms with Gasteiger partial charge in [0.2, 0.25) is 0 Å². The number of alkyl halides is 3. The average Bonchev–Trinajstić information content (AvgIpc) is 3.21. The molecule has 7 nitrogen and oxygen atoms in total. The summed E-state index contributed by atoms with van der Waals surface area (Å²) < 4.78 is 63.0. The molecular weight excluding hydrogens is 403 g/mol. The highest BCUT2D eigenvalue weighted by Crippen LogP contribution is 2.30. The first-order valence-corrected chi connectivity index (χ1v) is 10.0. The van der Waals surface area contributed by atoms with E-state index in [0.29, 0.717) is 5.69 Å². The lowest BCUT2D eigenvalue weighted by molar-refractivity contribution is -0.137. The van der Waals surface area contributed by atoms with Crippen molar-refractivity contribution in [3.05, 3.63) is 51.5 Å². The van der Waals surface area contributed by atoms with E-state index in [1.165, 1.54) is 17.5 Å². The quantitative estimate of drug-likeness (QED) is 0.688. The number of nitriles is 1. The zero-order valence-corrected chi connectivity index (χ0v) is 15.0. The molecule has 0 radical (unpaired) electrons. The number of benzene rings is 1. The van der Waals surface area contributed by atoms with E-state index >= 15 is 0 Å². The lowest BCUT2D eigenvalue weighted by atomic mass is 10.1. The first-order valence-electron chi connectivity index (χ1n) is 7.30. The van der Waals surface area contributed by atoms with Crippen molar-refractivity contribution in [2.24, 2.45) is 0 Å². The van der Waals surface area contributed by atoms with Crippen LogP contribution in [0.2, 0.25) is 0 Å². The van der Waals surface area contributed by atoms with Gasteiger partial charge in [-0.1, -0.05) is 18.2 Å². The van der Waals surface area contributed by atoms with Gasteiger partial charge in [-0.2, -0.15) is 28.7 Å². The van der Waals surface area contributed by atoms with Gasteiger partial charge in [-0.15, -0.1) is 16.4 Å². The maximum Gasteiger partial charge on any atom is 0.416 e. The van der Waals surface area contributed by atoms with E-state index in [2.05, 4.69) is 20.4 Å². The van der Waals surface area contributed by atoms with Crippen LogP contribution in [0.25, 0.3) is 11.4 Å². The molecular formula is C15H10F3N5O2S2. The van der Waals surface area contributed by atoms with Crippen LogP contribution >= 0.6 is 11.3 Å². The van der Waals surface area contributed by atoms with Gasteiger partial charge in [-0.25, -0.2) is 13.4 Å². The van der Waals surface area contributed by atoms with Gasteiger partial charge < -0.3 is 0 Å². The largest absolute Gasteiger partial charge is 0.416 e.